The van der Waals surface area contributed by atoms with E-state index in [4.69, 9.17) is 18.6 Å². The molecule has 0 spiro atoms. The van der Waals surface area contributed by atoms with Crippen molar-refractivity contribution in [3.63, 3.8) is 0 Å². The third kappa shape index (κ3) is 5.52. The number of hydrogen-bond acceptors (Lipinski definition) is 15. The zero-order valence-electron chi connectivity index (χ0n) is 21.7. The summed E-state index contributed by atoms with van der Waals surface area (Å²) in [6, 6.07) is 8.81. The molecule has 15 heteroatoms. The number of rotatable bonds is 6. The van der Waals surface area contributed by atoms with E-state index in [1.807, 2.05) is 0 Å². The van der Waals surface area contributed by atoms with Gasteiger partial charge in [0.15, 0.2) is 23.0 Å². The van der Waals surface area contributed by atoms with E-state index in [1.54, 1.807) is 0 Å². The molecule has 0 saturated carbocycles. The van der Waals surface area contributed by atoms with Crippen LogP contribution in [0.5, 0.6) is 40.2 Å². The lowest BCUT2D eigenvalue weighted by atomic mass is 9.99. The average Bonchev–Trinajstić information content (AvgIpc) is 2.96. The van der Waals surface area contributed by atoms with Crippen LogP contribution in [0.2, 0.25) is 0 Å². The van der Waals surface area contributed by atoms with Crippen molar-refractivity contribution >= 4 is 16.9 Å². The number of phenolic OH excluding ortho intramolecular Hbond substituents is 6. The molecule has 2 heterocycles. The average molecular weight is 600 g/mol. The van der Waals surface area contributed by atoms with Gasteiger partial charge in [0.2, 0.25) is 17.5 Å². The van der Waals surface area contributed by atoms with E-state index < -0.39 is 88.6 Å². The Morgan fingerprint density at radius 2 is 1.44 bits per heavy atom. The van der Waals surface area contributed by atoms with Gasteiger partial charge in [-0.1, -0.05) is 0 Å². The largest absolute Gasteiger partial charge is 0.508 e. The van der Waals surface area contributed by atoms with Crippen molar-refractivity contribution in [1.29, 1.82) is 0 Å². The summed E-state index contributed by atoms with van der Waals surface area (Å²) in [5.74, 6) is -5.74. The van der Waals surface area contributed by atoms with Gasteiger partial charge in [-0.2, -0.15) is 0 Å². The molecule has 0 unspecified atom stereocenters. The fourth-order valence-electron chi connectivity index (χ4n) is 4.41. The van der Waals surface area contributed by atoms with Crippen LogP contribution in [-0.4, -0.2) is 89.2 Å². The Morgan fingerprint density at radius 1 is 0.791 bits per heavy atom. The van der Waals surface area contributed by atoms with E-state index in [-0.39, 0.29) is 28.2 Å². The Balaban J connectivity index is 1.47. The van der Waals surface area contributed by atoms with E-state index in [2.05, 4.69) is 0 Å². The van der Waals surface area contributed by atoms with E-state index in [0.717, 1.165) is 24.3 Å². The van der Waals surface area contributed by atoms with Gasteiger partial charge in [0, 0.05) is 17.7 Å². The molecule has 5 rings (SSSR count). The van der Waals surface area contributed by atoms with Gasteiger partial charge in [-0.3, -0.25) is 4.79 Å². The van der Waals surface area contributed by atoms with Gasteiger partial charge in [0.1, 0.15) is 59.2 Å². The van der Waals surface area contributed by atoms with E-state index >= 15 is 0 Å². The Labute approximate surface area is 239 Å². The maximum absolute atomic E-state index is 13.5. The summed E-state index contributed by atoms with van der Waals surface area (Å²) in [5.41, 5.74) is -1.43. The summed E-state index contributed by atoms with van der Waals surface area (Å²) in [4.78, 5) is 26.0. The van der Waals surface area contributed by atoms with Crippen LogP contribution < -0.4 is 10.2 Å². The molecule has 1 aliphatic rings. The molecular weight excluding hydrogens is 576 g/mol. The standard InChI is InChI=1S/C28H24O15/c29-12-3-1-10(2-4-12)25-26(22(36)19-14(31)7-13(30)8-17(19)41-25)43-28-24(38)23(37)21(35)18(42-28)9-40-27(39)11-5-15(32)20(34)16(33)6-11/h1-8,18,21,23-24,28-35,37-38H,9H2/t18-,21+,23+,24-,28-/m0/s1. The van der Waals surface area contributed by atoms with Crippen LogP contribution in [-0.2, 0) is 9.47 Å². The SMILES string of the molecule is O=C(OC[C@@H]1O[C@@H](Oc2c(-c3ccc(O)cc3)oc3cc(O)cc(O)c3c2=O)[C@@H](O)[C@H](O)[C@@H]1O)c1cc(O)c(O)c(O)c1. The molecule has 15 nitrogen and oxygen atoms in total. The lowest BCUT2D eigenvalue weighted by Crippen LogP contribution is -2.60. The minimum Gasteiger partial charge on any atom is -0.508 e. The quantitative estimate of drug-likeness (QED) is 0.109. The highest BCUT2D eigenvalue weighted by molar-refractivity contribution is 5.91. The fraction of sp³-hybridized carbons (Fsp3) is 0.214. The number of aromatic hydroxyl groups is 6. The molecule has 0 bridgehead atoms. The molecule has 0 aliphatic carbocycles. The second-order valence-electron chi connectivity index (χ2n) is 9.57. The monoisotopic (exact) mass is 600 g/mol. The first-order valence-corrected chi connectivity index (χ1v) is 12.5. The highest BCUT2D eigenvalue weighted by Gasteiger charge is 2.46. The highest BCUT2D eigenvalue weighted by Crippen LogP contribution is 2.38. The van der Waals surface area contributed by atoms with Crippen LogP contribution in [0.1, 0.15) is 10.4 Å². The molecule has 9 N–H and O–H groups in total. The summed E-state index contributed by atoms with van der Waals surface area (Å²) >= 11 is 0. The Morgan fingerprint density at radius 3 is 2.09 bits per heavy atom. The number of carbonyl (C=O) groups is 1. The number of carbonyl (C=O) groups excluding carboxylic acids is 1. The second kappa shape index (κ2) is 11.2. The number of phenols is 6. The van der Waals surface area contributed by atoms with E-state index in [1.165, 1.54) is 24.3 Å². The Kier molecular flexibility index (Phi) is 7.64. The summed E-state index contributed by atoms with van der Waals surface area (Å²) in [6.07, 6.45) is -9.19. The molecule has 0 amide bonds. The predicted octanol–water partition coefficient (Wildman–Crippen LogP) is 0.737. The van der Waals surface area contributed by atoms with Crippen molar-refractivity contribution < 1.29 is 69.4 Å². The summed E-state index contributed by atoms with van der Waals surface area (Å²) in [5, 5.41) is 89.8. The molecule has 3 aromatic carbocycles. The third-order valence-corrected chi connectivity index (χ3v) is 6.63. The van der Waals surface area contributed by atoms with Gasteiger partial charge in [0.05, 0.1) is 5.56 Å². The van der Waals surface area contributed by atoms with Gasteiger partial charge in [-0.15, -0.1) is 0 Å². The van der Waals surface area contributed by atoms with E-state index in [0.29, 0.717) is 0 Å². The molecule has 0 radical (unpaired) electrons. The zero-order valence-corrected chi connectivity index (χ0v) is 21.7. The van der Waals surface area contributed by atoms with Gasteiger partial charge < -0.3 is 64.6 Å². The van der Waals surface area contributed by atoms with E-state index in [9.17, 15) is 55.5 Å². The van der Waals surface area contributed by atoms with Gasteiger partial charge >= 0.3 is 5.97 Å². The van der Waals surface area contributed by atoms with Gasteiger partial charge in [0.25, 0.3) is 0 Å². The molecule has 43 heavy (non-hydrogen) atoms. The zero-order chi connectivity index (χ0) is 31.2. The van der Waals surface area contributed by atoms with Crippen LogP contribution in [0.25, 0.3) is 22.3 Å². The molecule has 1 aromatic heterocycles. The molecule has 1 aliphatic heterocycles. The first-order chi connectivity index (χ1) is 20.3. The minimum atomic E-state index is -1.97. The normalized spacial score (nSPS) is 21.9. The maximum atomic E-state index is 13.5. The summed E-state index contributed by atoms with van der Waals surface area (Å²) in [7, 11) is 0. The number of esters is 1. The Hall–Kier alpha value is -5.22. The minimum absolute atomic E-state index is 0.122. The molecule has 4 aromatic rings. The molecule has 226 valence electrons. The molecule has 1 saturated heterocycles. The second-order valence-corrected chi connectivity index (χ2v) is 9.57. The van der Waals surface area contributed by atoms with Gasteiger partial charge in [-0.05, 0) is 36.4 Å². The lowest BCUT2D eigenvalue weighted by molar-refractivity contribution is -0.277. The number of fused-ring (bicyclic) bond motifs is 1. The fourth-order valence-corrected chi connectivity index (χ4v) is 4.41. The van der Waals surface area contributed by atoms with Crippen LogP contribution in [0.15, 0.2) is 57.7 Å². The van der Waals surface area contributed by atoms with Crippen LogP contribution in [0.3, 0.4) is 0 Å². The van der Waals surface area contributed by atoms with Crippen molar-refractivity contribution in [3.8, 4) is 51.6 Å². The smallest absolute Gasteiger partial charge is 0.338 e. The number of aliphatic hydroxyl groups is 3. The van der Waals surface area contributed by atoms with Crippen LogP contribution in [0.4, 0.5) is 0 Å². The molecule has 1 fully saturated rings. The molecule has 5 atom stereocenters. The summed E-state index contributed by atoms with van der Waals surface area (Å²) < 4.78 is 22.0. The van der Waals surface area contributed by atoms with Crippen molar-refractivity contribution in [2.75, 3.05) is 6.61 Å². The van der Waals surface area contributed by atoms with Crippen molar-refractivity contribution in [3.05, 3.63) is 64.3 Å². The topological polar surface area (TPSA) is 257 Å². The van der Waals surface area contributed by atoms with Crippen molar-refractivity contribution in [2.45, 2.75) is 30.7 Å². The van der Waals surface area contributed by atoms with Crippen molar-refractivity contribution in [1.82, 2.24) is 0 Å². The lowest BCUT2D eigenvalue weighted by Gasteiger charge is -2.39. The van der Waals surface area contributed by atoms with Crippen LogP contribution in [0, 0.1) is 0 Å². The third-order valence-electron chi connectivity index (χ3n) is 6.63. The van der Waals surface area contributed by atoms with Crippen LogP contribution >= 0.6 is 0 Å². The molecular formula is C28H24O15. The first kappa shape index (κ1) is 29.3. The summed E-state index contributed by atoms with van der Waals surface area (Å²) in [6.45, 7) is -0.761. The number of hydrogen-bond donors (Lipinski definition) is 9. The number of aliphatic hydroxyl groups excluding tert-OH is 3. The number of benzene rings is 3. The number of ether oxygens (including phenoxy) is 3. The van der Waals surface area contributed by atoms with Gasteiger partial charge in [-0.25, -0.2) is 4.79 Å². The predicted molar refractivity (Wildman–Crippen MR) is 142 cm³/mol. The highest BCUT2D eigenvalue weighted by atomic mass is 16.7. The Bertz CT molecular complexity index is 1720. The first-order valence-electron chi connectivity index (χ1n) is 12.5. The maximum Gasteiger partial charge on any atom is 0.338 e. The van der Waals surface area contributed by atoms with Crippen molar-refractivity contribution in [2.24, 2.45) is 0 Å².